The zero-order chi connectivity index (χ0) is 17.8. The Labute approximate surface area is 148 Å². The van der Waals surface area contributed by atoms with Gasteiger partial charge in [-0.2, -0.15) is 0 Å². The van der Waals surface area contributed by atoms with E-state index in [-0.39, 0.29) is 5.91 Å². The van der Waals surface area contributed by atoms with Crippen molar-refractivity contribution in [1.29, 1.82) is 0 Å². The normalized spacial score (nSPS) is 17.4. The van der Waals surface area contributed by atoms with E-state index in [1.165, 1.54) is 0 Å². The van der Waals surface area contributed by atoms with Gasteiger partial charge >= 0.3 is 0 Å². The van der Waals surface area contributed by atoms with Gasteiger partial charge in [-0.3, -0.25) is 4.79 Å². The molecule has 1 aliphatic heterocycles. The first-order valence-corrected chi connectivity index (χ1v) is 8.61. The van der Waals surface area contributed by atoms with Crippen molar-refractivity contribution in [3.05, 3.63) is 41.7 Å². The quantitative estimate of drug-likeness (QED) is 0.844. The van der Waals surface area contributed by atoms with Crippen LogP contribution in [-0.4, -0.2) is 57.9 Å². The second-order valence-electron chi connectivity index (χ2n) is 6.70. The van der Waals surface area contributed by atoms with Crippen molar-refractivity contribution in [2.75, 3.05) is 32.1 Å². The number of carbonyl (C=O) groups is 1. The minimum Gasteiger partial charge on any atom is -0.343 e. The Morgan fingerprint density at radius 2 is 2.04 bits per heavy atom. The number of anilines is 1. The van der Waals surface area contributed by atoms with Crippen LogP contribution in [0.2, 0.25) is 0 Å². The summed E-state index contributed by atoms with van der Waals surface area (Å²) in [6, 6.07) is 3.66. The Hall–Kier alpha value is -2.57. The Bertz CT molecular complexity index is 734. The highest BCUT2D eigenvalue weighted by molar-refractivity contribution is 5.92. The molecule has 0 N–H and O–H groups in total. The Balaban J connectivity index is 1.72. The Morgan fingerprint density at radius 1 is 1.28 bits per heavy atom. The average molecular weight is 340 g/mol. The summed E-state index contributed by atoms with van der Waals surface area (Å²) in [5, 5.41) is 0. The second-order valence-corrected chi connectivity index (χ2v) is 6.70. The highest BCUT2D eigenvalue weighted by Gasteiger charge is 2.23. The molecule has 0 radical (unpaired) electrons. The molecule has 2 aromatic heterocycles. The minimum atomic E-state index is -0.0882. The van der Waals surface area contributed by atoms with Crippen LogP contribution in [0.4, 0.5) is 5.95 Å². The number of rotatable bonds is 4. The number of amides is 1. The smallest absolute Gasteiger partial charge is 0.272 e. The van der Waals surface area contributed by atoms with Gasteiger partial charge in [-0.05, 0) is 44.2 Å². The first-order valence-electron chi connectivity index (χ1n) is 8.61. The van der Waals surface area contributed by atoms with Gasteiger partial charge in [0.15, 0.2) is 0 Å². The van der Waals surface area contributed by atoms with Crippen molar-refractivity contribution in [2.24, 2.45) is 5.92 Å². The molecule has 1 fully saturated rings. The number of aryl methyl sites for hydroxylation is 1. The fraction of sp³-hybridized carbons (Fsp3) is 0.500. The van der Waals surface area contributed by atoms with Crippen molar-refractivity contribution in [3.8, 4) is 0 Å². The lowest BCUT2D eigenvalue weighted by molar-refractivity contribution is 0.0821. The van der Waals surface area contributed by atoms with Crippen molar-refractivity contribution < 1.29 is 4.79 Å². The molecule has 1 aliphatic rings. The molecule has 1 unspecified atom stereocenters. The predicted octanol–water partition coefficient (Wildman–Crippen LogP) is 1.74. The number of hydrogen-bond acceptors (Lipinski definition) is 6. The van der Waals surface area contributed by atoms with Crippen LogP contribution in [-0.2, 0) is 6.42 Å². The first-order chi connectivity index (χ1) is 12.0. The number of aromatic nitrogens is 4. The summed E-state index contributed by atoms with van der Waals surface area (Å²) in [6.45, 7) is 3.72. The summed E-state index contributed by atoms with van der Waals surface area (Å²) in [4.78, 5) is 33.5. The Kier molecular flexibility index (Phi) is 5.21. The summed E-state index contributed by atoms with van der Waals surface area (Å²) >= 11 is 0. The van der Waals surface area contributed by atoms with Gasteiger partial charge < -0.3 is 9.80 Å². The van der Waals surface area contributed by atoms with Crippen molar-refractivity contribution >= 4 is 11.9 Å². The molecular formula is C18H24N6O. The highest BCUT2D eigenvalue weighted by Crippen LogP contribution is 2.23. The maximum Gasteiger partial charge on any atom is 0.272 e. The maximum atomic E-state index is 12.2. The van der Waals surface area contributed by atoms with Crippen molar-refractivity contribution in [1.82, 2.24) is 24.8 Å². The van der Waals surface area contributed by atoms with Gasteiger partial charge in [0.1, 0.15) is 11.5 Å². The van der Waals surface area contributed by atoms with Crippen LogP contribution in [0.5, 0.6) is 0 Å². The zero-order valence-electron chi connectivity index (χ0n) is 15.0. The highest BCUT2D eigenvalue weighted by atomic mass is 16.2. The van der Waals surface area contributed by atoms with Gasteiger partial charge in [-0.15, -0.1) is 0 Å². The zero-order valence-corrected chi connectivity index (χ0v) is 15.0. The van der Waals surface area contributed by atoms with Crippen LogP contribution < -0.4 is 4.90 Å². The van der Waals surface area contributed by atoms with Crippen LogP contribution in [0, 0.1) is 12.8 Å². The molecule has 132 valence electrons. The molecule has 3 heterocycles. The number of carbonyl (C=O) groups excluding carboxylic acids is 1. The van der Waals surface area contributed by atoms with Crippen LogP contribution in [0.25, 0.3) is 0 Å². The third-order valence-corrected chi connectivity index (χ3v) is 4.37. The van der Waals surface area contributed by atoms with E-state index in [0.29, 0.717) is 17.4 Å². The summed E-state index contributed by atoms with van der Waals surface area (Å²) in [5.41, 5.74) is 1.39. The molecule has 0 spiro atoms. The largest absolute Gasteiger partial charge is 0.343 e. The molecule has 1 saturated heterocycles. The van der Waals surface area contributed by atoms with Crippen molar-refractivity contribution in [2.45, 2.75) is 26.2 Å². The van der Waals surface area contributed by atoms with Gasteiger partial charge in [0, 0.05) is 45.3 Å². The van der Waals surface area contributed by atoms with E-state index in [2.05, 4.69) is 24.8 Å². The van der Waals surface area contributed by atoms with Gasteiger partial charge in [0.25, 0.3) is 5.91 Å². The monoisotopic (exact) mass is 340 g/mol. The molecule has 2 aromatic rings. The molecule has 3 rings (SSSR count). The lowest BCUT2D eigenvalue weighted by Crippen LogP contribution is -2.37. The number of nitrogens with zero attached hydrogens (tertiary/aromatic N) is 6. The molecule has 0 saturated carbocycles. The molecule has 1 amide bonds. The van der Waals surface area contributed by atoms with Crippen molar-refractivity contribution in [3.63, 3.8) is 0 Å². The Morgan fingerprint density at radius 3 is 2.76 bits per heavy atom. The lowest BCUT2D eigenvalue weighted by Gasteiger charge is -2.32. The SMILES string of the molecule is Cc1nc(CC2CCCN(c3ncccn3)C2)cc(C(=O)N(C)C)n1. The summed E-state index contributed by atoms with van der Waals surface area (Å²) in [6.07, 6.45) is 6.64. The van der Waals surface area contributed by atoms with Gasteiger partial charge in [0.05, 0.1) is 0 Å². The van der Waals surface area contributed by atoms with E-state index >= 15 is 0 Å². The molecule has 0 bridgehead atoms. The summed E-state index contributed by atoms with van der Waals surface area (Å²) in [5.74, 6) is 1.81. The average Bonchev–Trinajstić information content (AvgIpc) is 2.61. The van der Waals surface area contributed by atoms with E-state index in [9.17, 15) is 4.79 Å². The molecule has 7 nitrogen and oxygen atoms in total. The van der Waals surface area contributed by atoms with Gasteiger partial charge in [-0.25, -0.2) is 19.9 Å². The molecule has 25 heavy (non-hydrogen) atoms. The lowest BCUT2D eigenvalue weighted by atomic mass is 9.93. The molecular weight excluding hydrogens is 316 g/mol. The maximum absolute atomic E-state index is 12.2. The van der Waals surface area contributed by atoms with Crippen LogP contribution in [0.1, 0.15) is 34.8 Å². The van der Waals surface area contributed by atoms with E-state index in [4.69, 9.17) is 0 Å². The fourth-order valence-corrected chi connectivity index (χ4v) is 3.24. The van der Waals surface area contributed by atoms with E-state index < -0.39 is 0 Å². The van der Waals surface area contributed by atoms with E-state index in [1.54, 1.807) is 31.4 Å². The van der Waals surface area contributed by atoms with E-state index in [1.807, 2.05) is 19.1 Å². The third kappa shape index (κ3) is 4.29. The van der Waals surface area contributed by atoms with Crippen LogP contribution in [0.15, 0.2) is 24.5 Å². The number of hydrogen-bond donors (Lipinski definition) is 0. The van der Waals surface area contributed by atoms with Gasteiger partial charge in [-0.1, -0.05) is 0 Å². The molecule has 1 atom stereocenters. The summed E-state index contributed by atoms with van der Waals surface area (Å²) in [7, 11) is 3.47. The topological polar surface area (TPSA) is 75.1 Å². The number of piperidine rings is 1. The molecule has 0 aliphatic carbocycles. The minimum absolute atomic E-state index is 0.0882. The standard InChI is InChI=1S/C18H24N6O/c1-13-21-15(11-16(22-13)17(25)23(2)3)10-14-6-4-9-24(12-14)18-19-7-5-8-20-18/h5,7-8,11,14H,4,6,9-10,12H2,1-3H3. The summed E-state index contributed by atoms with van der Waals surface area (Å²) < 4.78 is 0. The first kappa shape index (κ1) is 17.3. The second kappa shape index (κ2) is 7.55. The third-order valence-electron chi connectivity index (χ3n) is 4.37. The molecule has 0 aromatic carbocycles. The van der Waals surface area contributed by atoms with E-state index in [0.717, 1.165) is 44.0 Å². The van der Waals surface area contributed by atoms with Gasteiger partial charge in [0.2, 0.25) is 5.95 Å². The van der Waals surface area contributed by atoms with Crippen LogP contribution in [0.3, 0.4) is 0 Å². The fourth-order valence-electron chi connectivity index (χ4n) is 3.24. The van der Waals surface area contributed by atoms with Crippen LogP contribution >= 0.6 is 0 Å². The molecule has 7 heteroatoms. The predicted molar refractivity (Wildman–Crippen MR) is 95.5 cm³/mol.